The van der Waals surface area contributed by atoms with Gasteiger partial charge in [-0.2, -0.15) is 4.58 Å². The smallest absolute Gasteiger partial charge is 0.209 e. The van der Waals surface area contributed by atoms with Crippen LogP contribution in [0.3, 0.4) is 0 Å². The molecule has 0 aliphatic carbocycles. The van der Waals surface area contributed by atoms with Gasteiger partial charge in [0.1, 0.15) is 0 Å². The lowest BCUT2D eigenvalue weighted by Crippen LogP contribution is -2.47. The number of allylic oxidation sites excluding steroid dienone is 1. The summed E-state index contributed by atoms with van der Waals surface area (Å²) >= 11 is 0. The van der Waals surface area contributed by atoms with Crippen molar-refractivity contribution in [3.05, 3.63) is 81.6 Å². The summed E-state index contributed by atoms with van der Waals surface area (Å²) in [7, 11) is 0. The number of nitrogens with zero attached hydrogens (tertiary/aromatic N) is 2. The Bertz CT molecular complexity index is 1410. The van der Waals surface area contributed by atoms with Crippen LogP contribution >= 0.6 is 0 Å². The first-order valence-electron chi connectivity index (χ1n) is 13.6. The number of fused-ring (bicyclic) bond motifs is 8. The molecule has 4 heteroatoms. The Morgan fingerprint density at radius 3 is 2.64 bits per heavy atom. The zero-order chi connectivity index (χ0) is 25.0. The standard InChI is InChI=1S/C32H37N2O2/c1-19-6-8-25-23(16-19)31(2,3)29-21-18-22-28(36-27(21)10-13-33(25)29)11-14-34-26-9-7-20(12-15-35)17-24(26)32(4,5)30(22)34/h6-9,16-18,27-28,35H,10-15H2,1-5H3/q+1. The lowest BCUT2D eigenvalue weighted by atomic mass is 9.73. The molecule has 36 heavy (non-hydrogen) atoms. The monoisotopic (exact) mass is 481 g/mol. The Kier molecular flexibility index (Phi) is 4.64. The van der Waals surface area contributed by atoms with Crippen molar-refractivity contribution in [1.82, 2.24) is 0 Å². The van der Waals surface area contributed by atoms with Crippen LogP contribution in [0.25, 0.3) is 0 Å². The lowest BCUT2D eigenvalue weighted by Gasteiger charge is -2.42. The molecule has 5 aliphatic heterocycles. The van der Waals surface area contributed by atoms with E-state index in [0.29, 0.717) is 6.42 Å². The molecule has 2 unspecified atom stereocenters. The summed E-state index contributed by atoms with van der Waals surface area (Å²) in [5, 5.41) is 9.52. The summed E-state index contributed by atoms with van der Waals surface area (Å²) in [6.45, 7) is 13.9. The van der Waals surface area contributed by atoms with Crippen molar-refractivity contribution in [3.8, 4) is 0 Å². The van der Waals surface area contributed by atoms with Crippen LogP contribution in [-0.2, 0) is 22.0 Å². The maximum Gasteiger partial charge on any atom is 0.209 e. The SMILES string of the molecule is Cc1ccc2c(c1)C(C)(C)C1=C3C=C4C5=[N+](CCC4OC3CCN12)c1ccc(CCO)cc1C5(C)C. The predicted octanol–water partition coefficient (Wildman–Crippen LogP) is 5.46. The summed E-state index contributed by atoms with van der Waals surface area (Å²) in [5.74, 6) is 0. The molecule has 4 nitrogen and oxygen atoms in total. The minimum atomic E-state index is -0.105. The van der Waals surface area contributed by atoms with Crippen LogP contribution in [0.1, 0.15) is 62.8 Å². The second-order valence-electron chi connectivity index (χ2n) is 12.3. The van der Waals surface area contributed by atoms with Crippen LogP contribution in [0.2, 0.25) is 0 Å². The molecule has 0 amide bonds. The third-order valence-corrected chi connectivity index (χ3v) is 9.38. The number of ether oxygens (including phenoxy) is 1. The first-order chi connectivity index (χ1) is 17.2. The summed E-state index contributed by atoms with van der Waals surface area (Å²) in [6.07, 6.45) is 5.64. The number of aryl methyl sites for hydroxylation is 1. The summed E-state index contributed by atoms with van der Waals surface area (Å²) in [5.41, 5.74) is 13.5. The van der Waals surface area contributed by atoms with E-state index in [1.165, 1.54) is 56.2 Å². The Labute approximate surface area is 214 Å². The molecule has 5 aliphatic rings. The van der Waals surface area contributed by atoms with Gasteiger partial charge in [-0.1, -0.05) is 37.6 Å². The zero-order valence-corrected chi connectivity index (χ0v) is 22.2. The van der Waals surface area contributed by atoms with E-state index < -0.39 is 0 Å². The minimum absolute atomic E-state index is 0.0466. The van der Waals surface area contributed by atoms with Crippen molar-refractivity contribution in [1.29, 1.82) is 0 Å². The normalized spacial score (nSPS) is 26.6. The molecular weight excluding hydrogens is 444 g/mol. The van der Waals surface area contributed by atoms with Gasteiger partial charge in [-0.15, -0.1) is 0 Å². The van der Waals surface area contributed by atoms with Crippen LogP contribution < -0.4 is 4.90 Å². The van der Waals surface area contributed by atoms with E-state index in [1.54, 1.807) is 0 Å². The van der Waals surface area contributed by atoms with Crippen molar-refractivity contribution >= 4 is 17.1 Å². The minimum Gasteiger partial charge on any atom is -0.396 e. The number of anilines is 1. The second-order valence-corrected chi connectivity index (χ2v) is 12.3. The van der Waals surface area contributed by atoms with Gasteiger partial charge in [0.25, 0.3) is 0 Å². The van der Waals surface area contributed by atoms with Gasteiger partial charge in [-0.25, -0.2) is 0 Å². The largest absolute Gasteiger partial charge is 0.396 e. The number of benzene rings is 2. The van der Waals surface area contributed by atoms with Crippen molar-refractivity contribution in [2.24, 2.45) is 0 Å². The van der Waals surface area contributed by atoms with Gasteiger partial charge in [-0.05, 0) is 62.9 Å². The molecule has 0 saturated heterocycles. The van der Waals surface area contributed by atoms with Crippen LogP contribution in [0.15, 0.2) is 59.3 Å². The van der Waals surface area contributed by atoms with Gasteiger partial charge in [0.15, 0.2) is 12.3 Å². The third kappa shape index (κ3) is 2.86. The van der Waals surface area contributed by atoms with Crippen LogP contribution in [-0.4, -0.2) is 47.3 Å². The quantitative estimate of drug-likeness (QED) is 0.579. The molecule has 7 rings (SSSR count). The molecule has 0 fully saturated rings. The molecule has 0 aromatic heterocycles. The van der Waals surface area contributed by atoms with Gasteiger partial charge in [0.2, 0.25) is 5.69 Å². The van der Waals surface area contributed by atoms with Crippen molar-refractivity contribution in [2.45, 2.75) is 76.9 Å². The molecule has 5 heterocycles. The van der Waals surface area contributed by atoms with Crippen molar-refractivity contribution in [2.75, 3.05) is 24.6 Å². The van der Waals surface area contributed by atoms with E-state index in [9.17, 15) is 5.11 Å². The van der Waals surface area contributed by atoms with E-state index in [4.69, 9.17) is 4.74 Å². The summed E-state index contributed by atoms with van der Waals surface area (Å²) < 4.78 is 9.50. The van der Waals surface area contributed by atoms with Gasteiger partial charge in [0.05, 0.1) is 17.6 Å². The number of hydrogen-bond donors (Lipinski definition) is 1. The third-order valence-electron chi connectivity index (χ3n) is 9.38. The Morgan fingerprint density at radius 1 is 1.00 bits per heavy atom. The Morgan fingerprint density at radius 2 is 1.83 bits per heavy atom. The highest BCUT2D eigenvalue weighted by molar-refractivity contribution is 6.08. The molecule has 186 valence electrons. The van der Waals surface area contributed by atoms with Crippen molar-refractivity contribution in [3.63, 3.8) is 0 Å². The highest BCUT2D eigenvalue weighted by atomic mass is 16.5. The molecule has 2 aromatic rings. The molecule has 2 atom stereocenters. The van der Waals surface area contributed by atoms with Crippen molar-refractivity contribution < 1.29 is 14.4 Å². The zero-order valence-electron chi connectivity index (χ0n) is 22.2. The number of aliphatic hydroxyl groups is 1. The van der Waals surface area contributed by atoms with Gasteiger partial charge < -0.3 is 14.7 Å². The molecule has 0 bridgehead atoms. The molecule has 0 saturated carbocycles. The lowest BCUT2D eigenvalue weighted by molar-refractivity contribution is -0.445. The van der Waals surface area contributed by atoms with Gasteiger partial charge in [-0.3, -0.25) is 0 Å². The summed E-state index contributed by atoms with van der Waals surface area (Å²) in [4.78, 5) is 2.57. The maximum atomic E-state index is 9.52. The van der Waals surface area contributed by atoms with E-state index in [0.717, 1.165) is 25.9 Å². The van der Waals surface area contributed by atoms with E-state index in [2.05, 4.69) is 86.6 Å². The summed E-state index contributed by atoms with van der Waals surface area (Å²) in [6, 6.07) is 13.7. The topological polar surface area (TPSA) is 35.7 Å². The number of rotatable bonds is 2. The van der Waals surface area contributed by atoms with Crippen LogP contribution in [0.4, 0.5) is 11.4 Å². The Hall–Kier alpha value is -2.69. The number of hydrogen-bond acceptors (Lipinski definition) is 3. The van der Waals surface area contributed by atoms with Crippen LogP contribution in [0.5, 0.6) is 0 Å². The molecule has 1 N–H and O–H groups in total. The van der Waals surface area contributed by atoms with E-state index in [1.807, 2.05) is 0 Å². The van der Waals surface area contributed by atoms with E-state index in [-0.39, 0.29) is 29.6 Å². The highest BCUT2D eigenvalue weighted by Gasteiger charge is 2.54. The first kappa shape index (κ1) is 22.5. The van der Waals surface area contributed by atoms with Gasteiger partial charge in [0, 0.05) is 59.1 Å². The Balaban J connectivity index is 1.40. The van der Waals surface area contributed by atoms with E-state index >= 15 is 0 Å². The number of aliphatic hydroxyl groups excluding tert-OH is 1. The van der Waals surface area contributed by atoms with Crippen LogP contribution in [0, 0.1) is 6.92 Å². The first-order valence-corrected chi connectivity index (χ1v) is 13.6. The fraction of sp³-hybridized carbons (Fsp3) is 0.469. The fourth-order valence-corrected chi connectivity index (χ4v) is 7.74. The molecule has 2 aromatic carbocycles. The predicted molar refractivity (Wildman–Crippen MR) is 145 cm³/mol. The average molecular weight is 482 g/mol. The highest BCUT2D eigenvalue weighted by Crippen LogP contribution is 2.54. The average Bonchev–Trinajstić information content (AvgIpc) is 3.22. The fourth-order valence-electron chi connectivity index (χ4n) is 7.74. The molecule has 0 spiro atoms. The molecule has 0 radical (unpaired) electrons. The van der Waals surface area contributed by atoms with Gasteiger partial charge >= 0.3 is 0 Å². The maximum absolute atomic E-state index is 9.52. The molecular formula is C32H37N2O2+. The second kappa shape index (κ2) is 7.43.